The highest BCUT2D eigenvalue weighted by Gasteiger charge is 2.06. The summed E-state index contributed by atoms with van der Waals surface area (Å²) in [6, 6.07) is 15.8. The first-order chi connectivity index (χ1) is 9.56. The molecule has 0 saturated carbocycles. The third-order valence-electron chi connectivity index (χ3n) is 3.19. The molecule has 0 saturated heterocycles. The molecule has 0 aliphatic carbocycles. The maximum atomic E-state index is 11.1. The molecule has 0 bridgehead atoms. The SMILES string of the molecule is C[C@H](NCc1cccc(C(N)=O)c1)c1ccc(Br)cc1. The van der Waals surface area contributed by atoms with Crippen LogP contribution in [0.25, 0.3) is 0 Å². The Hall–Kier alpha value is -1.65. The van der Waals surface area contributed by atoms with Gasteiger partial charge in [0.05, 0.1) is 0 Å². The van der Waals surface area contributed by atoms with Crippen LogP contribution < -0.4 is 11.1 Å². The van der Waals surface area contributed by atoms with Crippen LogP contribution in [-0.2, 0) is 6.54 Å². The van der Waals surface area contributed by atoms with E-state index in [1.54, 1.807) is 6.07 Å². The van der Waals surface area contributed by atoms with Gasteiger partial charge in [-0.2, -0.15) is 0 Å². The lowest BCUT2D eigenvalue weighted by atomic mass is 10.1. The number of carbonyl (C=O) groups is 1. The number of hydrogen-bond donors (Lipinski definition) is 2. The summed E-state index contributed by atoms with van der Waals surface area (Å²) in [6.07, 6.45) is 0. The number of nitrogens with two attached hydrogens (primary N) is 1. The molecule has 0 spiro atoms. The number of carbonyl (C=O) groups excluding carboxylic acids is 1. The second-order valence-corrected chi connectivity index (χ2v) is 5.63. The molecule has 104 valence electrons. The van der Waals surface area contributed by atoms with E-state index in [1.807, 2.05) is 30.3 Å². The fourth-order valence-corrected chi connectivity index (χ4v) is 2.24. The molecule has 0 heterocycles. The maximum Gasteiger partial charge on any atom is 0.248 e. The minimum atomic E-state index is -0.396. The zero-order chi connectivity index (χ0) is 14.5. The monoisotopic (exact) mass is 332 g/mol. The van der Waals surface area contributed by atoms with Crippen LogP contribution in [0.4, 0.5) is 0 Å². The highest BCUT2D eigenvalue weighted by Crippen LogP contribution is 2.17. The van der Waals surface area contributed by atoms with Crippen LogP contribution >= 0.6 is 15.9 Å². The van der Waals surface area contributed by atoms with Crippen molar-refractivity contribution >= 4 is 21.8 Å². The Balaban J connectivity index is 1.99. The Kier molecular flexibility index (Phi) is 4.93. The zero-order valence-corrected chi connectivity index (χ0v) is 12.9. The standard InChI is InChI=1S/C16H17BrN2O/c1-11(13-5-7-15(17)8-6-13)19-10-12-3-2-4-14(9-12)16(18)20/h2-9,11,19H,10H2,1H3,(H2,18,20)/t11-/m0/s1. The zero-order valence-electron chi connectivity index (χ0n) is 11.3. The van der Waals surface area contributed by atoms with E-state index in [1.165, 1.54) is 5.56 Å². The largest absolute Gasteiger partial charge is 0.366 e. The van der Waals surface area contributed by atoms with E-state index in [0.29, 0.717) is 12.1 Å². The smallest absolute Gasteiger partial charge is 0.248 e. The third-order valence-corrected chi connectivity index (χ3v) is 3.72. The molecule has 3 nitrogen and oxygen atoms in total. The van der Waals surface area contributed by atoms with Gasteiger partial charge >= 0.3 is 0 Å². The average Bonchev–Trinajstić information content (AvgIpc) is 2.46. The first-order valence-corrected chi connectivity index (χ1v) is 7.23. The predicted molar refractivity (Wildman–Crippen MR) is 84.4 cm³/mol. The van der Waals surface area contributed by atoms with Gasteiger partial charge in [-0.3, -0.25) is 4.79 Å². The summed E-state index contributed by atoms with van der Waals surface area (Å²) in [5.74, 6) is -0.396. The molecule has 1 atom stereocenters. The summed E-state index contributed by atoms with van der Waals surface area (Å²) < 4.78 is 1.07. The van der Waals surface area contributed by atoms with Gasteiger partial charge in [0.1, 0.15) is 0 Å². The van der Waals surface area contributed by atoms with Crippen molar-refractivity contribution in [2.75, 3.05) is 0 Å². The van der Waals surface area contributed by atoms with Crippen LogP contribution in [0, 0.1) is 0 Å². The lowest BCUT2D eigenvalue weighted by molar-refractivity contribution is 0.1000. The number of rotatable bonds is 5. The molecule has 0 aliphatic heterocycles. The predicted octanol–water partition coefficient (Wildman–Crippen LogP) is 3.40. The van der Waals surface area contributed by atoms with Crippen LogP contribution in [0.5, 0.6) is 0 Å². The fourth-order valence-electron chi connectivity index (χ4n) is 1.97. The van der Waals surface area contributed by atoms with Crippen molar-refractivity contribution in [3.63, 3.8) is 0 Å². The molecular weight excluding hydrogens is 316 g/mol. The second kappa shape index (κ2) is 6.68. The average molecular weight is 333 g/mol. The van der Waals surface area contributed by atoms with Crippen LogP contribution in [-0.4, -0.2) is 5.91 Å². The first kappa shape index (κ1) is 14.8. The van der Waals surface area contributed by atoms with Crippen LogP contribution in [0.15, 0.2) is 53.0 Å². The molecule has 2 aromatic carbocycles. The quantitative estimate of drug-likeness (QED) is 0.881. The summed E-state index contributed by atoms with van der Waals surface area (Å²) in [7, 11) is 0. The Morgan fingerprint density at radius 2 is 1.95 bits per heavy atom. The number of hydrogen-bond acceptors (Lipinski definition) is 2. The summed E-state index contributed by atoms with van der Waals surface area (Å²) >= 11 is 3.43. The van der Waals surface area contributed by atoms with E-state index in [-0.39, 0.29) is 6.04 Å². The van der Waals surface area contributed by atoms with Crippen molar-refractivity contribution in [1.29, 1.82) is 0 Å². The molecule has 0 fully saturated rings. The van der Waals surface area contributed by atoms with Gasteiger partial charge in [-0.05, 0) is 42.3 Å². The fraction of sp³-hybridized carbons (Fsp3) is 0.188. The molecule has 1 amide bonds. The summed E-state index contributed by atoms with van der Waals surface area (Å²) in [6.45, 7) is 2.81. The van der Waals surface area contributed by atoms with E-state index in [4.69, 9.17) is 5.73 Å². The molecule has 2 aromatic rings. The Morgan fingerprint density at radius 3 is 2.60 bits per heavy atom. The summed E-state index contributed by atoms with van der Waals surface area (Å²) in [5, 5.41) is 3.43. The molecule has 0 aliphatic rings. The topological polar surface area (TPSA) is 55.1 Å². The van der Waals surface area contributed by atoms with Gasteiger partial charge in [-0.15, -0.1) is 0 Å². The van der Waals surface area contributed by atoms with E-state index in [2.05, 4.69) is 40.3 Å². The van der Waals surface area contributed by atoms with E-state index >= 15 is 0 Å². The minimum absolute atomic E-state index is 0.236. The molecular formula is C16H17BrN2O. The third kappa shape index (κ3) is 3.92. The van der Waals surface area contributed by atoms with Crippen molar-refractivity contribution in [3.8, 4) is 0 Å². The minimum Gasteiger partial charge on any atom is -0.366 e. The number of nitrogens with one attached hydrogen (secondary N) is 1. The lowest BCUT2D eigenvalue weighted by Crippen LogP contribution is -2.18. The van der Waals surface area contributed by atoms with E-state index in [0.717, 1.165) is 10.0 Å². The van der Waals surface area contributed by atoms with Gasteiger partial charge in [0.2, 0.25) is 5.91 Å². The highest BCUT2D eigenvalue weighted by atomic mass is 79.9. The molecule has 0 unspecified atom stereocenters. The molecule has 20 heavy (non-hydrogen) atoms. The molecule has 4 heteroatoms. The normalized spacial score (nSPS) is 12.1. The lowest BCUT2D eigenvalue weighted by Gasteiger charge is -2.14. The Morgan fingerprint density at radius 1 is 1.25 bits per heavy atom. The van der Waals surface area contributed by atoms with Gasteiger partial charge in [-0.25, -0.2) is 0 Å². The van der Waals surface area contributed by atoms with E-state index < -0.39 is 5.91 Å². The van der Waals surface area contributed by atoms with Crippen molar-refractivity contribution in [2.45, 2.75) is 19.5 Å². The summed E-state index contributed by atoms with van der Waals surface area (Å²) in [4.78, 5) is 11.1. The Labute approximate surface area is 127 Å². The number of primary amides is 1. The van der Waals surface area contributed by atoms with Gasteiger partial charge in [0, 0.05) is 22.6 Å². The number of benzene rings is 2. The number of amides is 1. The second-order valence-electron chi connectivity index (χ2n) is 4.72. The van der Waals surface area contributed by atoms with Crippen LogP contribution in [0.3, 0.4) is 0 Å². The number of halogens is 1. The van der Waals surface area contributed by atoms with Crippen LogP contribution in [0.1, 0.15) is 34.5 Å². The maximum absolute atomic E-state index is 11.1. The van der Waals surface area contributed by atoms with Gasteiger partial charge in [0.15, 0.2) is 0 Å². The van der Waals surface area contributed by atoms with Crippen molar-refractivity contribution in [2.24, 2.45) is 5.73 Å². The van der Waals surface area contributed by atoms with Gasteiger partial charge in [-0.1, -0.05) is 40.2 Å². The molecule has 2 rings (SSSR count). The molecule has 0 aromatic heterocycles. The summed E-state index contributed by atoms with van der Waals surface area (Å²) in [5.41, 5.74) is 8.09. The highest BCUT2D eigenvalue weighted by molar-refractivity contribution is 9.10. The van der Waals surface area contributed by atoms with Crippen molar-refractivity contribution < 1.29 is 4.79 Å². The van der Waals surface area contributed by atoms with Gasteiger partial charge in [0.25, 0.3) is 0 Å². The molecule has 0 radical (unpaired) electrons. The molecule has 3 N–H and O–H groups in total. The van der Waals surface area contributed by atoms with Crippen LogP contribution in [0.2, 0.25) is 0 Å². The van der Waals surface area contributed by atoms with E-state index in [9.17, 15) is 4.79 Å². The van der Waals surface area contributed by atoms with Crippen molar-refractivity contribution in [3.05, 3.63) is 69.7 Å². The Bertz CT molecular complexity index is 596. The first-order valence-electron chi connectivity index (χ1n) is 6.44. The van der Waals surface area contributed by atoms with Gasteiger partial charge < -0.3 is 11.1 Å². The van der Waals surface area contributed by atoms with Crippen molar-refractivity contribution in [1.82, 2.24) is 5.32 Å².